The molecule has 0 atom stereocenters. The van der Waals surface area contributed by atoms with E-state index < -0.39 is 5.97 Å². The van der Waals surface area contributed by atoms with Gasteiger partial charge in [0, 0.05) is 24.7 Å². The number of aromatic carboxylic acids is 1. The number of carboxylic acids is 1. The van der Waals surface area contributed by atoms with E-state index in [1.807, 2.05) is 0 Å². The third-order valence-electron chi connectivity index (χ3n) is 2.79. The predicted molar refractivity (Wildman–Crippen MR) is 63.8 cm³/mol. The Bertz CT molecular complexity index is 462. The highest BCUT2D eigenvalue weighted by molar-refractivity contribution is 5.90. The maximum absolute atomic E-state index is 11.0. The van der Waals surface area contributed by atoms with Gasteiger partial charge in [-0.15, -0.1) is 0 Å². The fourth-order valence-corrected chi connectivity index (χ4v) is 1.80. The van der Waals surface area contributed by atoms with Crippen molar-refractivity contribution in [2.45, 2.75) is 12.8 Å². The fraction of sp³-hybridized carbons (Fsp3) is 0.357. The highest BCUT2D eigenvalue weighted by Crippen LogP contribution is 2.14. The molecule has 88 valence electrons. The highest BCUT2D eigenvalue weighted by atomic mass is 16.5. The van der Waals surface area contributed by atoms with Crippen molar-refractivity contribution in [2.24, 2.45) is 5.92 Å². The minimum Gasteiger partial charge on any atom is -0.478 e. The standard InChI is InChI=1S/C14H14O3/c15-14(16)13-4-2-1-3-12(13)6-5-11-7-9-17-10-8-11/h1-4,11H,7-10H2,(H,15,16). The lowest BCUT2D eigenvalue weighted by Gasteiger charge is -2.16. The number of ether oxygens (including phenoxy) is 1. The van der Waals surface area contributed by atoms with Crippen LogP contribution in [0.1, 0.15) is 28.8 Å². The lowest BCUT2D eigenvalue weighted by atomic mass is 10.00. The Morgan fingerprint density at radius 2 is 2.00 bits per heavy atom. The zero-order valence-electron chi connectivity index (χ0n) is 9.48. The average molecular weight is 230 g/mol. The SMILES string of the molecule is O=C(O)c1ccccc1C#CC1CCOCC1. The van der Waals surface area contributed by atoms with Crippen LogP contribution in [0.2, 0.25) is 0 Å². The zero-order valence-corrected chi connectivity index (χ0v) is 9.48. The molecule has 0 aliphatic carbocycles. The Labute approximate surface area is 100 Å². The van der Waals surface area contributed by atoms with Crippen molar-refractivity contribution in [3.8, 4) is 11.8 Å². The second-order valence-electron chi connectivity index (χ2n) is 4.01. The molecule has 3 heteroatoms. The molecule has 1 heterocycles. The predicted octanol–water partition coefficient (Wildman–Crippen LogP) is 2.16. The minimum atomic E-state index is -0.929. The lowest BCUT2D eigenvalue weighted by molar-refractivity contribution is 0.0696. The van der Waals surface area contributed by atoms with E-state index in [9.17, 15) is 4.79 Å². The van der Waals surface area contributed by atoms with Crippen LogP contribution in [0.5, 0.6) is 0 Å². The zero-order chi connectivity index (χ0) is 12.1. The second kappa shape index (κ2) is 5.51. The van der Waals surface area contributed by atoms with E-state index in [-0.39, 0.29) is 5.56 Å². The first kappa shape index (κ1) is 11.7. The third-order valence-corrected chi connectivity index (χ3v) is 2.79. The molecule has 2 rings (SSSR count). The molecule has 1 saturated heterocycles. The van der Waals surface area contributed by atoms with Crippen LogP contribution in [0.25, 0.3) is 0 Å². The van der Waals surface area contributed by atoms with E-state index in [0.29, 0.717) is 11.5 Å². The summed E-state index contributed by atoms with van der Waals surface area (Å²) in [5.41, 5.74) is 0.860. The van der Waals surface area contributed by atoms with E-state index in [1.54, 1.807) is 24.3 Å². The maximum Gasteiger partial charge on any atom is 0.336 e. The summed E-state index contributed by atoms with van der Waals surface area (Å²) in [5.74, 6) is 5.51. The summed E-state index contributed by atoms with van der Waals surface area (Å²) in [5, 5.41) is 9.01. The van der Waals surface area contributed by atoms with Crippen molar-refractivity contribution in [2.75, 3.05) is 13.2 Å². The molecule has 1 aliphatic rings. The van der Waals surface area contributed by atoms with Crippen LogP contribution in [0.3, 0.4) is 0 Å². The molecule has 17 heavy (non-hydrogen) atoms. The molecule has 1 N–H and O–H groups in total. The quantitative estimate of drug-likeness (QED) is 0.752. The van der Waals surface area contributed by atoms with Gasteiger partial charge in [0.1, 0.15) is 0 Å². The van der Waals surface area contributed by atoms with E-state index in [1.165, 1.54) is 0 Å². The number of rotatable bonds is 1. The van der Waals surface area contributed by atoms with E-state index in [2.05, 4.69) is 11.8 Å². The summed E-state index contributed by atoms with van der Waals surface area (Å²) in [7, 11) is 0. The van der Waals surface area contributed by atoms with Gasteiger partial charge < -0.3 is 9.84 Å². The van der Waals surface area contributed by atoms with Gasteiger partial charge in [-0.1, -0.05) is 24.0 Å². The molecule has 1 aliphatic heterocycles. The van der Waals surface area contributed by atoms with Crippen molar-refractivity contribution in [3.63, 3.8) is 0 Å². The van der Waals surface area contributed by atoms with Gasteiger partial charge in [-0.3, -0.25) is 0 Å². The van der Waals surface area contributed by atoms with E-state index in [0.717, 1.165) is 26.1 Å². The smallest absolute Gasteiger partial charge is 0.336 e. The van der Waals surface area contributed by atoms with Crippen LogP contribution in [0, 0.1) is 17.8 Å². The summed E-state index contributed by atoms with van der Waals surface area (Å²) in [4.78, 5) is 11.0. The summed E-state index contributed by atoms with van der Waals surface area (Å²) in [6.07, 6.45) is 1.87. The first-order chi connectivity index (χ1) is 8.27. The van der Waals surface area contributed by atoms with Crippen molar-refractivity contribution in [1.29, 1.82) is 0 Å². The molecule has 0 radical (unpaired) electrons. The summed E-state index contributed by atoms with van der Waals surface area (Å²) < 4.78 is 5.25. The van der Waals surface area contributed by atoms with Crippen molar-refractivity contribution >= 4 is 5.97 Å². The van der Waals surface area contributed by atoms with E-state index >= 15 is 0 Å². The topological polar surface area (TPSA) is 46.5 Å². The van der Waals surface area contributed by atoms with Crippen LogP contribution in [0.4, 0.5) is 0 Å². The number of carboxylic acid groups (broad SMARTS) is 1. The number of benzene rings is 1. The molecule has 0 unspecified atom stereocenters. The fourth-order valence-electron chi connectivity index (χ4n) is 1.80. The molecular weight excluding hydrogens is 216 g/mol. The Hall–Kier alpha value is -1.79. The van der Waals surface area contributed by atoms with Crippen molar-refractivity contribution in [1.82, 2.24) is 0 Å². The molecule has 1 aromatic rings. The van der Waals surface area contributed by atoms with Crippen LogP contribution in [0.15, 0.2) is 24.3 Å². The van der Waals surface area contributed by atoms with Crippen molar-refractivity contribution < 1.29 is 14.6 Å². The molecular formula is C14H14O3. The third kappa shape index (κ3) is 3.08. The van der Waals surface area contributed by atoms with Crippen LogP contribution in [-0.4, -0.2) is 24.3 Å². The van der Waals surface area contributed by atoms with Crippen LogP contribution < -0.4 is 0 Å². The summed E-state index contributed by atoms with van der Waals surface area (Å²) in [6, 6.07) is 6.84. The van der Waals surface area contributed by atoms with Crippen molar-refractivity contribution in [3.05, 3.63) is 35.4 Å². The van der Waals surface area contributed by atoms with Gasteiger partial charge in [0.05, 0.1) is 5.56 Å². The number of hydrogen-bond donors (Lipinski definition) is 1. The lowest BCUT2D eigenvalue weighted by Crippen LogP contribution is -2.14. The Kier molecular flexibility index (Phi) is 3.79. The number of hydrogen-bond acceptors (Lipinski definition) is 2. The van der Waals surface area contributed by atoms with Gasteiger partial charge in [-0.25, -0.2) is 4.79 Å². The van der Waals surface area contributed by atoms with E-state index in [4.69, 9.17) is 9.84 Å². The molecule has 0 amide bonds. The molecule has 0 spiro atoms. The largest absolute Gasteiger partial charge is 0.478 e. The normalized spacial score (nSPS) is 16.0. The van der Waals surface area contributed by atoms with Gasteiger partial charge in [-0.2, -0.15) is 0 Å². The second-order valence-corrected chi connectivity index (χ2v) is 4.01. The molecule has 0 aromatic heterocycles. The van der Waals surface area contributed by atoms with Gasteiger partial charge in [-0.05, 0) is 25.0 Å². The molecule has 0 bridgehead atoms. The maximum atomic E-state index is 11.0. The van der Waals surface area contributed by atoms with Gasteiger partial charge in [0.2, 0.25) is 0 Å². The Morgan fingerprint density at radius 3 is 2.71 bits per heavy atom. The average Bonchev–Trinajstić information content (AvgIpc) is 2.38. The van der Waals surface area contributed by atoms with Crippen LogP contribution >= 0.6 is 0 Å². The van der Waals surface area contributed by atoms with Gasteiger partial charge in [0.15, 0.2) is 0 Å². The number of carbonyl (C=O) groups is 1. The molecule has 1 aromatic carbocycles. The molecule has 1 fully saturated rings. The summed E-state index contributed by atoms with van der Waals surface area (Å²) >= 11 is 0. The van der Waals surface area contributed by atoms with Crippen LogP contribution in [-0.2, 0) is 4.74 Å². The molecule has 3 nitrogen and oxygen atoms in total. The minimum absolute atomic E-state index is 0.270. The Balaban J connectivity index is 2.17. The first-order valence-corrected chi connectivity index (χ1v) is 5.69. The molecule has 0 saturated carbocycles. The highest BCUT2D eigenvalue weighted by Gasteiger charge is 2.11. The first-order valence-electron chi connectivity index (χ1n) is 5.69. The summed E-state index contributed by atoms with van der Waals surface area (Å²) in [6.45, 7) is 1.50. The van der Waals surface area contributed by atoms with Gasteiger partial charge in [0.25, 0.3) is 0 Å². The Morgan fingerprint density at radius 1 is 1.29 bits per heavy atom. The monoisotopic (exact) mass is 230 g/mol. The van der Waals surface area contributed by atoms with Gasteiger partial charge >= 0.3 is 5.97 Å².